The van der Waals surface area contributed by atoms with Crippen LogP contribution >= 0.6 is 0 Å². The van der Waals surface area contributed by atoms with Gasteiger partial charge in [-0.05, 0) is 24.1 Å². The summed E-state index contributed by atoms with van der Waals surface area (Å²) in [6.07, 6.45) is 1.72. The molecule has 1 aliphatic heterocycles. The van der Waals surface area contributed by atoms with Crippen LogP contribution < -0.4 is 15.4 Å². The predicted octanol–water partition coefficient (Wildman–Crippen LogP) is 1.71. The van der Waals surface area contributed by atoms with E-state index in [2.05, 4.69) is 30.4 Å². The molecule has 3 rings (SSSR count). The van der Waals surface area contributed by atoms with E-state index in [9.17, 15) is 8.78 Å². The monoisotopic (exact) mass is 394 g/mol. The van der Waals surface area contributed by atoms with Crippen molar-refractivity contribution in [3.05, 3.63) is 41.5 Å². The summed E-state index contributed by atoms with van der Waals surface area (Å²) in [6, 6.07) is 6.74. The molecule has 0 fully saturated rings. The number of hydrogen-bond acceptors (Lipinski definition) is 5. The third-order valence-corrected chi connectivity index (χ3v) is 4.32. The van der Waals surface area contributed by atoms with Crippen molar-refractivity contribution in [2.45, 2.75) is 45.2 Å². The Kier molecular flexibility index (Phi) is 6.75. The van der Waals surface area contributed by atoms with Crippen LogP contribution in [0.1, 0.15) is 23.6 Å². The van der Waals surface area contributed by atoms with E-state index in [1.54, 1.807) is 26.3 Å². The normalized spacial score (nSPS) is 16.8. The number of nitrogens with zero attached hydrogens (tertiary/aromatic N) is 4. The summed E-state index contributed by atoms with van der Waals surface area (Å²) in [7, 11) is 3.31. The molecular weight excluding hydrogens is 370 g/mol. The number of guanidine groups is 1. The van der Waals surface area contributed by atoms with Crippen LogP contribution in [0.5, 0.6) is 5.75 Å². The molecule has 8 nitrogen and oxygen atoms in total. The van der Waals surface area contributed by atoms with Crippen molar-refractivity contribution >= 4 is 5.96 Å². The molecule has 0 amide bonds. The van der Waals surface area contributed by atoms with Crippen LogP contribution in [0.4, 0.5) is 8.78 Å². The van der Waals surface area contributed by atoms with E-state index in [0.29, 0.717) is 31.5 Å². The minimum atomic E-state index is -2.84. The number of hydrogen-bond donors (Lipinski definition) is 2. The number of fused-ring (bicyclic) bond motifs is 1. The molecule has 2 aromatic rings. The molecule has 0 radical (unpaired) electrons. The van der Waals surface area contributed by atoms with Crippen molar-refractivity contribution in [2.24, 2.45) is 4.99 Å². The van der Waals surface area contributed by atoms with Gasteiger partial charge in [0.05, 0.1) is 6.54 Å². The summed E-state index contributed by atoms with van der Waals surface area (Å²) in [5.41, 5.74) is 0.813. The van der Waals surface area contributed by atoms with E-state index in [1.807, 2.05) is 10.7 Å². The van der Waals surface area contributed by atoms with Gasteiger partial charge in [-0.15, -0.1) is 0 Å². The van der Waals surface area contributed by atoms with Crippen LogP contribution in [-0.2, 0) is 30.9 Å². The quantitative estimate of drug-likeness (QED) is 0.549. The van der Waals surface area contributed by atoms with Gasteiger partial charge >= 0.3 is 6.61 Å². The Balaban J connectivity index is 1.53. The highest BCUT2D eigenvalue weighted by molar-refractivity contribution is 5.79. The minimum absolute atomic E-state index is 0.134. The van der Waals surface area contributed by atoms with E-state index in [-0.39, 0.29) is 11.8 Å². The van der Waals surface area contributed by atoms with Gasteiger partial charge in [0.15, 0.2) is 11.8 Å². The fraction of sp³-hybridized carbons (Fsp3) is 0.500. The number of alkyl halides is 2. The second kappa shape index (κ2) is 9.45. The van der Waals surface area contributed by atoms with Crippen molar-refractivity contribution in [2.75, 3.05) is 14.2 Å². The molecular formula is C18H24F2N6O2. The molecule has 0 saturated carbocycles. The fourth-order valence-electron chi connectivity index (χ4n) is 3.07. The van der Waals surface area contributed by atoms with Crippen LogP contribution in [0.2, 0.25) is 0 Å². The Hall–Kier alpha value is -2.75. The number of nitrogens with one attached hydrogen (secondary N) is 2. The van der Waals surface area contributed by atoms with Crippen LogP contribution in [0.25, 0.3) is 0 Å². The maximum absolute atomic E-state index is 12.3. The summed E-state index contributed by atoms with van der Waals surface area (Å²) in [6.45, 7) is -1.32. The minimum Gasteiger partial charge on any atom is -0.435 e. The Bertz CT molecular complexity index is 811. The molecule has 1 aromatic carbocycles. The third kappa shape index (κ3) is 5.38. The van der Waals surface area contributed by atoms with Gasteiger partial charge in [-0.25, -0.2) is 9.67 Å². The highest BCUT2D eigenvalue weighted by Crippen LogP contribution is 2.16. The number of halogens is 2. The maximum atomic E-state index is 12.3. The number of aryl methyl sites for hydroxylation is 1. The number of rotatable bonds is 7. The molecule has 1 atom stereocenters. The average molecular weight is 394 g/mol. The van der Waals surface area contributed by atoms with E-state index in [0.717, 1.165) is 24.2 Å². The molecule has 1 aliphatic rings. The van der Waals surface area contributed by atoms with Gasteiger partial charge in [0.1, 0.15) is 18.2 Å². The number of methoxy groups -OCH3 is 1. The smallest absolute Gasteiger partial charge is 0.387 e. The van der Waals surface area contributed by atoms with Crippen LogP contribution in [0, 0.1) is 0 Å². The largest absolute Gasteiger partial charge is 0.435 e. The lowest BCUT2D eigenvalue weighted by Crippen LogP contribution is -2.46. The topological polar surface area (TPSA) is 85.6 Å². The number of aromatic nitrogens is 3. The van der Waals surface area contributed by atoms with Crippen molar-refractivity contribution in [1.82, 2.24) is 25.4 Å². The summed E-state index contributed by atoms with van der Waals surface area (Å²) >= 11 is 0. The lowest BCUT2D eigenvalue weighted by molar-refractivity contribution is -0.0498. The zero-order valence-corrected chi connectivity index (χ0v) is 15.9. The van der Waals surface area contributed by atoms with Gasteiger partial charge in [-0.3, -0.25) is 4.99 Å². The molecule has 0 saturated heterocycles. The molecule has 0 aliphatic carbocycles. The molecule has 152 valence electrons. The standard InChI is InChI=1S/C18H24F2N6O2/c1-21-18(22-9-12-4-3-5-14(8-12)28-17(19)20)23-13-6-7-16-24-15(11-27-2)25-26(16)10-13/h3-5,8,13,17H,6-7,9-11H2,1-2H3,(H2,21,22,23). The van der Waals surface area contributed by atoms with Gasteiger partial charge in [0.2, 0.25) is 0 Å². The van der Waals surface area contributed by atoms with Gasteiger partial charge in [-0.2, -0.15) is 13.9 Å². The highest BCUT2D eigenvalue weighted by Gasteiger charge is 2.22. The zero-order chi connectivity index (χ0) is 19.9. The van der Waals surface area contributed by atoms with Gasteiger partial charge in [0.25, 0.3) is 0 Å². The molecule has 28 heavy (non-hydrogen) atoms. The van der Waals surface area contributed by atoms with E-state index >= 15 is 0 Å². The number of aliphatic imine (C=N–C) groups is 1. The Morgan fingerprint density at radius 2 is 2.29 bits per heavy atom. The van der Waals surface area contributed by atoms with Crippen molar-refractivity contribution in [3.8, 4) is 5.75 Å². The van der Waals surface area contributed by atoms with E-state index in [4.69, 9.17) is 4.74 Å². The Morgan fingerprint density at radius 1 is 1.43 bits per heavy atom. The number of ether oxygens (including phenoxy) is 2. The molecule has 0 bridgehead atoms. The number of benzene rings is 1. The first-order valence-corrected chi connectivity index (χ1v) is 9.00. The maximum Gasteiger partial charge on any atom is 0.387 e. The lowest BCUT2D eigenvalue weighted by Gasteiger charge is -2.25. The lowest BCUT2D eigenvalue weighted by atomic mass is 10.1. The summed E-state index contributed by atoms with van der Waals surface area (Å²) < 4.78 is 36.1. The fourth-order valence-corrected chi connectivity index (χ4v) is 3.07. The highest BCUT2D eigenvalue weighted by atomic mass is 19.3. The van der Waals surface area contributed by atoms with Crippen molar-refractivity contribution in [1.29, 1.82) is 0 Å². The van der Waals surface area contributed by atoms with E-state index in [1.165, 1.54) is 6.07 Å². The second-order valence-corrected chi connectivity index (χ2v) is 6.39. The van der Waals surface area contributed by atoms with Crippen LogP contribution in [-0.4, -0.2) is 47.5 Å². The third-order valence-electron chi connectivity index (χ3n) is 4.32. The van der Waals surface area contributed by atoms with Gasteiger partial charge in [0, 0.05) is 33.2 Å². The average Bonchev–Trinajstić information content (AvgIpc) is 3.07. The predicted molar refractivity (Wildman–Crippen MR) is 99.3 cm³/mol. The molecule has 0 spiro atoms. The Labute approximate surface area is 162 Å². The van der Waals surface area contributed by atoms with Crippen molar-refractivity contribution < 1.29 is 18.3 Å². The van der Waals surface area contributed by atoms with Gasteiger partial charge in [-0.1, -0.05) is 12.1 Å². The van der Waals surface area contributed by atoms with Crippen LogP contribution in [0.3, 0.4) is 0 Å². The first-order chi connectivity index (χ1) is 13.6. The van der Waals surface area contributed by atoms with Gasteiger partial charge < -0.3 is 20.1 Å². The molecule has 1 unspecified atom stereocenters. The first-order valence-electron chi connectivity index (χ1n) is 9.00. The SMILES string of the molecule is CN=C(NCc1cccc(OC(F)F)c1)NC1CCc2nc(COC)nn2C1. The summed E-state index contributed by atoms with van der Waals surface area (Å²) in [5.74, 6) is 2.41. The summed E-state index contributed by atoms with van der Waals surface area (Å²) in [4.78, 5) is 8.70. The molecule has 1 aromatic heterocycles. The van der Waals surface area contributed by atoms with Crippen LogP contribution in [0.15, 0.2) is 29.3 Å². The van der Waals surface area contributed by atoms with E-state index < -0.39 is 6.61 Å². The molecule has 10 heteroatoms. The molecule has 2 N–H and O–H groups in total. The zero-order valence-electron chi connectivity index (χ0n) is 15.9. The summed E-state index contributed by atoms with van der Waals surface area (Å²) in [5, 5.41) is 11.0. The van der Waals surface area contributed by atoms with Crippen molar-refractivity contribution in [3.63, 3.8) is 0 Å². The second-order valence-electron chi connectivity index (χ2n) is 6.39. The first kappa shape index (κ1) is 20.0. The molecule has 2 heterocycles. The Morgan fingerprint density at radius 3 is 3.04 bits per heavy atom.